The first-order valence-corrected chi connectivity index (χ1v) is 9.68. The quantitative estimate of drug-likeness (QED) is 0.626. The van der Waals surface area contributed by atoms with Crippen LogP contribution in [-0.4, -0.2) is 21.0 Å². The van der Waals surface area contributed by atoms with Crippen molar-refractivity contribution in [1.82, 2.24) is 9.97 Å². The number of phenols is 1. The van der Waals surface area contributed by atoms with Gasteiger partial charge in [0.05, 0.1) is 10.9 Å². The molecule has 0 saturated carbocycles. The van der Waals surface area contributed by atoms with Crippen LogP contribution in [0.2, 0.25) is 0 Å². The smallest absolute Gasteiger partial charge is 0.338 e. The highest BCUT2D eigenvalue weighted by Gasteiger charge is 2.17. The third-order valence-corrected chi connectivity index (χ3v) is 5.65. The molecule has 6 nitrogen and oxygen atoms in total. The highest BCUT2D eigenvalue weighted by Crippen LogP contribution is 2.29. The van der Waals surface area contributed by atoms with E-state index < -0.39 is 5.97 Å². The number of aromatic amines is 1. The summed E-state index contributed by atoms with van der Waals surface area (Å²) in [5, 5.41) is 9.92. The lowest BCUT2D eigenvalue weighted by Crippen LogP contribution is -2.15. The van der Waals surface area contributed by atoms with E-state index in [-0.39, 0.29) is 17.9 Å². The SMILES string of the molecule is CC[C@H](C)Cc1c(C)sc2nc(COC(=O)c3ccc(O)cc3)[nH]c(=O)c12. The van der Waals surface area contributed by atoms with Gasteiger partial charge in [-0.1, -0.05) is 20.3 Å². The summed E-state index contributed by atoms with van der Waals surface area (Å²) in [6.45, 7) is 6.19. The van der Waals surface area contributed by atoms with E-state index >= 15 is 0 Å². The van der Waals surface area contributed by atoms with Crippen LogP contribution in [0.15, 0.2) is 29.1 Å². The number of aryl methyl sites for hydroxylation is 1. The Kier molecular flexibility index (Phi) is 5.60. The van der Waals surface area contributed by atoms with Crippen molar-refractivity contribution in [2.75, 3.05) is 0 Å². The lowest BCUT2D eigenvalue weighted by Gasteiger charge is -2.08. The summed E-state index contributed by atoms with van der Waals surface area (Å²) in [6, 6.07) is 5.77. The van der Waals surface area contributed by atoms with Crippen LogP contribution < -0.4 is 5.56 Å². The fraction of sp³-hybridized carbons (Fsp3) is 0.350. The average molecular weight is 386 g/mol. The fourth-order valence-electron chi connectivity index (χ4n) is 2.84. The lowest BCUT2D eigenvalue weighted by atomic mass is 9.98. The number of carbonyl (C=O) groups excluding carboxylic acids is 1. The van der Waals surface area contributed by atoms with Gasteiger partial charge in [-0.2, -0.15) is 0 Å². The van der Waals surface area contributed by atoms with E-state index in [1.807, 2.05) is 6.92 Å². The predicted octanol–water partition coefficient (Wildman–Crippen LogP) is 3.94. The van der Waals surface area contributed by atoms with Gasteiger partial charge in [0, 0.05) is 4.88 Å². The molecular weight excluding hydrogens is 364 g/mol. The molecule has 142 valence electrons. The molecule has 2 heterocycles. The number of aromatic hydroxyl groups is 1. The number of hydrogen-bond acceptors (Lipinski definition) is 6. The average Bonchev–Trinajstić information content (AvgIpc) is 2.95. The van der Waals surface area contributed by atoms with Crippen molar-refractivity contribution in [3.63, 3.8) is 0 Å². The maximum Gasteiger partial charge on any atom is 0.338 e. The van der Waals surface area contributed by atoms with Crippen LogP contribution in [-0.2, 0) is 17.8 Å². The summed E-state index contributed by atoms with van der Waals surface area (Å²) in [6.07, 6.45) is 1.90. The Labute approximate surface area is 160 Å². The summed E-state index contributed by atoms with van der Waals surface area (Å²) in [7, 11) is 0. The highest BCUT2D eigenvalue weighted by molar-refractivity contribution is 7.18. The molecule has 2 aromatic heterocycles. The molecule has 1 aromatic carbocycles. The number of thiophene rings is 1. The molecule has 3 aromatic rings. The van der Waals surface area contributed by atoms with Crippen molar-refractivity contribution in [2.45, 2.75) is 40.2 Å². The first-order chi connectivity index (χ1) is 12.9. The maximum atomic E-state index is 12.6. The second kappa shape index (κ2) is 7.92. The Morgan fingerprint density at radius 2 is 2.04 bits per heavy atom. The predicted molar refractivity (Wildman–Crippen MR) is 105 cm³/mol. The summed E-state index contributed by atoms with van der Waals surface area (Å²) < 4.78 is 5.23. The van der Waals surface area contributed by atoms with Crippen molar-refractivity contribution in [3.8, 4) is 5.75 Å². The van der Waals surface area contributed by atoms with E-state index in [0.717, 1.165) is 23.3 Å². The van der Waals surface area contributed by atoms with Crippen LogP contribution in [0.5, 0.6) is 5.75 Å². The molecule has 0 spiro atoms. The molecule has 0 radical (unpaired) electrons. The van der Waals surface area contributed by atoms with Crippen LogP contribution in [0.1, 0.15) is 46.9 Å². The van der Waals surface area contributed by atoms with Gasteiger partial charge in [-0.05, 0) is 49.1 Å². The number of ether oxygens (including phenoxy) is 1. The molecule has 0 saturated heterocycles. The molecule has 0 amide bonds. The van der Waals surface area contributed by atoms with E-state index in [2.05, 4.69) is 23.8 Å². The lowest BCUT2D eigenvalue weighted by molar-refractivity contribution is 0.0462. The number of H-pyrrole nitrogens is 1. The highest BCUT2D eigenvalue weighted by atomic mass is 32.1. The van der Waals surface area contributed by atoms with Gasteiger partial charge in [0.15, 0.2) is 0 Å². The van der Waals surface area contributed by atoms with Gasteiger partial charge in [0.1, 0.15) is 23.0 Å². The molecule has 0 aliphatic heterocycles. The Bertz CT molecular complexity index is 1020. The molecule has 2 N–H and O–H groups in total. The van der Waals surface area contributed by atoms with E-state index in [9.17, 15) is 14.7 Å². The maximum absolute atomic E-state index is 12.6. The van der Waals surface area contributed by atoms with Gasteiger partial charge in [-0.15, -0.1) is 11.3 Å². The molecule has 0 unspecified atom stereocenters. The van der Waals surface area contributed by atoms with Gasteiger partial charge < -0.3 is 14.8 Å². The van der Waals surface area contributed by atoms with Gasteiger partial charge in [-0.3, -0.25) is 4.79 Å². The molecule has 3 rings (SSSR count). The van der Waals surface area contributed by atoms with Crippen LogP contribution in [0.25, 0.3) is 10.2 Å². The second-order valence-corrected chi connectivity index (χ2v) is 7.87. The standard InChI is InChI=1S/C20H22N2O4S/c1-4-11(2)9-15-12(3)27-19-17(15)18(24)21-16(22-19)10-26-20(25)13-5-7-14(23)8-6-13/h5-8,11,23H,4,9-10H2,1-3H3,(H,21,22,24)/t11-/m0/s1. The summed E-state index contributed by atoms with van der Waals surface area (Å²) in [5.41, 5.74) is 1.18. The summed E-state index contributed by atoms with van der Waals surface area (Å²) in [4.78, 5) is 33.6. The molecule has 0 aliphatic carbocycles. The zero-order valence-electron chi connectivity index (χ0n) is 15.5. The normalized spacial score (nSPS) is 12.3. The molecule has 1 atom stereocenters. The van der Waals surface area contributed by atoms with E-state index in [0.29, 0.717) is 27.5 Å². The van der Waals surface area contributed by atoms with Gasteiger partial charge in [0.25, 0.3) is 5.56 Å². The first-order valence-electron chi connectivity index (χ1n) is 8.86. The molecular formula is C20H22N2O4S. The Hall–Kier alpha value is -2.67. The van der Waals surface area contributed by atoms with E-state index in [1.54, 1.807) is 0 Å². The Balaban J connectivity index is 1.81. The van der Waals surface area contributed by atoms with Crippen molar-refractivity contribution in [3.05, 3.63) is 56.4 Å². The largest absolute Gasteiger partial charge is 0.508 e. The second-order valence-electron chi connectivity index (χ2n) is 6.67. The van der Waals surface area contributed by atoms with Crippen LogP contribution in [0.4, 0.5) is 0 Å². The number of carbonyl (C=O) groups is 1. The minimum Gasteiger partial charge on any atom is -0.508 e. The molecule has 0 bridgehead atoms. The third-order valence-electron chi connectivity index (χ3n) is 4.60. The zero-order chi connectivity index (χ0) is 19.6. The van der Waals surface area contributed by atoms with E-state index in [1.165, 1.54) is 35.6 Å². The van der Waals surface area contributed by atoms with Crippen LogP contribution in [0, 0.1) is 12.8 Å². The number of aromatic nitrogens is 2. The number of esters is 1. The number of fused-ring (bicyclic) bond motifs is 1. The van der Waals surface area contributed by atoms with Crippen molar-refractivity contribution in [2.24, 2.45) is 5.92 Å². The minimum atomic E-state index is -0.544. The number of hydrogen-bond donors (Lipinski definition) is 2. The van der Waals surface area contributed by atoms with Gasteiger partial charge in [-0.25, -0.2) is 9.78 Å². The van der Waals surface area contributed by atoms with Crippen LogP contribution >= 0.6 is 11.3 Å². The topological polar surface area (TPSA) is 92.3 Å². The zero-order valence-corrected chi connectivity index (χ0v) is 16.4. The van der Waals surface area contributed by atoms with Crippen LogP contribution in [0.3, 0.4) is 0 Å². The number of benzene rings is 1. The monoisotopic (exact) mass is 386 g/mol. The van der Waals surface area contributed by atoms with Crippen molar-refractivity contribution < 1.29 is 14.6 Å². The van der Waals surface area contributed by atoms with Gasteiger partial charge >= 0.3 is 5.97 Å². The number of rotatable bonds is 6. The van der Waals surface area contributed by atoms with Gasteiger partial charge in [0.2, 0.25) is 0 Å². The first kappa shape index (κ1) is 19.1. The van der Waals surface area contributed by atoms with Crippen molar-refractivity contribution >= 4 is 27.5 Å². The summed E-state index contributed by atoms with van der Waals surface area (Å²) >= 11 is 1.49. The molecule has 0 aliphatic rings. The number of nitrogens with one attached hydrogen (secondary N) is 1. The summed E-state index contributed by atoms with van der Waals surface area (Å²) in [5.74, 6) is 0.338. The minimum absolute atomic E-state index is 0.0734. The Morgan fingerprint density at radius 3 is 2.70 bits per heavy atom. The van der Waals surface area contributed by atoms with E-state index in [4.69, 9.17) is 4.74 Å². The molecule has 7 heteroatoms. The third kappa shape index (κ3) is 4.19. The van der Waals surface area contributed by atoms with Crippen molar-refractivity contribution in [1.29, 1.82) is 0 Å². The fourth-order valence-corrected chi connectivity index (χ4v) is 3.91. The molecule has 27 heavy (non-hydrogen) atoms. The number of nitrogens with zero attached hydrogens (tertiary/aromatic N) is 1. The molecule has 0 fully saturated rings. The number of phenolic OH excluding ortho intramolecular Hbond substituents is 1. The Morgan fingerprint density at radius 1 is 1.33 bits per heavy atom.